The van der Waals surface area contributed by atoms with E-state index < -0.39 is 6.03 Å². The summed E-state index contributed by atoms with van der Waals surface area (Å²) in [6, 6.07) is 9.29. The zero-order valence-electron chi connectivity index (χ0n) is 13.4. The van der Waals surface area contributed by atoms with Crippen LogP contribution in [-0.2, 0) is 20.9 Å². The Bertz CT molecular complexity index is 604. The molecule has 128 valence electrons. The Morgan fingerprint density at radius 1 is 1.25 bits per heavy atom. The fraction of sp³-hybridized carbons (Fsp3) is 0.471. The summed E-state index contributed by atoms with van der Waals surface area (Å²) >= 11 is 0. The normalized spacial score (nSPS) is 23.4. The predicted octanol–water partition coefficient (Wildman–Crippen LogP) is 0.792. The first-order valence-electron chi connectivity index (χ1n) is 8.16. The van der Waals surface area contributed by atoms with Crippen LogP contribution in [0.2, 0.25) is 0 Å². The molecule has 1 heterocycles. The summed E-state index contributed by atoms with van der Waals surface area (Å²) in [5, 5.41) is 5.29. The van der Waals surface area contributed by atoms with E-state index in [0.717, 1.165) is 29.7 Å². The Morgan fingerprint density at radius 2 is 2.04 bits per heavy atom. The van der Waals surface area contributed by atoms with Crippen molar-refractivity contribution in [2.24, 2.45) is 0 Å². The van der Waals surface area contributed by atoms with Crippen molar-refractivity contribution in [1.82, 2.24) is 15.5 Å². The lowest BCUT2D eigenvalue weighted by Gasteiger charge is -2.22. The highest BCUT2D eigenvalue weighted by molar-refractivity contribution is 6.04. The van der Waals surface area contributed by atoms with E-state index in [9.17, 15) is 14.4 Å². The standard InChI is InChI=1S/C17H21N3O4/c21-15(10-20-16(22)9-18-17(20)23)19-13-7-4-8-14(13)24-11-12-5-2-1-3-6-12/h1-3,5-6,13-14H,4,7-11H2,(H,18,23)(H,19,21)/t13-,14-/m1/s1. The van der Waals surface area contributed by atoms with Crippen molar-refractivity contribution in [2.45, 2.75) is 38.0 Å². The molecule has 2 fully saturated rings. The Morgan fingerprint density at radius 3 is 2.75 bits per heavy atom. The largest absolute Gasteiger partial charge is 0.371 e. The number of rotatable bonds is 6. The maximum Gasteiger partial charge on any atom is 0.325 e. The molecular formula is C17H21N3O4. The Balaban J connectivity index is 1.49. The first-order chi connectivity index (χ1) is 11.6. The number of nitrogens with zero attached hydrogens (tertiary/aromatic N) is 1. The molecule has 2 aliphatic rings. The monoisotopic (exact) mass is 331 g/mol. The van der Waals surface area contributed by atoms with E-state index in [1.165, 1.54) is 0 Å². The minimum atomic E-state index is -0.515. The minimum absolute atomic E-state index is 0.0433. The number of hydrogen-bond acceptors (Lipinski definition) is 4. The molecule has 2 N–H and O–H groups in total. The van der Waals surface area contributed by atoms with E-state index in [4.69, 9.17) is 4.74 Å². The third-order valence-electron chi connectivity index (χ3n) is 4.34. The van der Waals surface area contributed by atoms with Crippen LogP contribution in [0.15, 0.2) is 30.3 Å². The van der Waals surface area contributed by atoms with Gasteiger partial charge in [0.05, 0.1) is 25.3 Å². The summed E-state index contributed by atoms with van der Waals surface area (Å²) in [5.74, 6) is -0.709. The number of ether oxygens (including phenoxy) is 1. The third kappa shape index (κ3) is 3.91. The quantitative estimate of drug-likeness (QED) is 0.755. The van der Waals surface area contributed by atoms with Crippen LogP contribution in [-0.4, -0.2) is 48.0 Å². The second kappa shape index (κ2) is 7.44. The summed E-state index contributed by atoms with van der Waals surface area (Å²) in [7, 11) is 0. The van der Waals surface area contributed by atoms with E-state index in [0.29, 0.717) is 6.61 Å². The Kier molecular flexibility index (Phi) is 5.10. The molecule has 0 unspecified atom stereocenters. The molecule has 3 rings (SSSR count). The smallest absolute Gasteiger partial charge is 0.325 e. The van der Waals surface area contributed by atoms with Crippen LogP contribution < -0.4 is 10.6 Å². The van der Waals surface area contributed by atoms with Crippen molar-refractivity contribution in [2.75, 3.05) is 13.1 Å². The van der Waals surface area contributed by atoms with Gasteiger partial charge in [-0.2, -0.15) is 0 Å². The molecule has 0 spiro atoms. The summed E-state index contributed by atoms with van der Waals surface area (Å²) in [4.78, 5) is 36.0. The first kappa shape index (κ1) is 16.4. The van der Waals surface area contributed by atoms with Gasteiger partial charge in [0.2, 0.25) is 5.91 Å². The van der Waals surface area contributed by atoms with Gasteiger partial charge in [0, 0.05) is 0 Å². The molecule has 0 aromatic heterocycles. The lowest BCUT2D eigenvalue weighted by Crippen LogP contribution is -2.47. The topological polar surface area (TPSA) is 87.7 Å². The van der Waals surface area contributed by atoms with Crippen molar-refractivity contribution in [3.8, 4) is 0 Å². The number of carbonyl (C=O) groups excluding carboxylic acids is 3. The van der Waals surface area contributed by atoms with Crippen molar-refractivity contribution in [3.05, 3.63) is 35.9 Å². The van der Waals surface area contributed by atoms with Gasteiger partial charge in [-0.05, 0) is 24.8 Å². The van der Waals surface area contributed by atoms with Gasteiger partial charge in [0.1, 0.15) is 6.54 Å². The van der Waals surface area contributed by atoms with Gasteiger partial charge in [-0.3, -0.25) is 14.5 Å². The lowest BCUT2D eigenvalue weighted by molar-refractivity contribution is -0.131. The number of nitrogens with one attached hydrogen (secondary N) is 2. The second-order valence-corrected chi connectivity index (χ2v) is 6.08. The van der Waals surface area contributed by atoms with Gasteiger partial charge in [0.25, 0.3) is 5.91 Å². The van der Waals surface area contributed by atoms with Gasteiger partial charge >= 0.3 is 6.03 Å². The van der Waals surface area contributed by atoms with Gasteiger partial charge in [-0.25, -0.2) is 4.79 Å². The summed E-state index contributed by atoms with van der Waals surface area (Å²) in [6.07, 6.45) is 2.66. The highest BCUT2D eigenvalue weighted by Gasteiger charge is 2.33. The van der Waals surface area contributed by atoms with E-state index >= 15 is 0 Å². The minimum Gasteiger partial charge on any atom is -0.371 e. The fourth-order valence-electron chi connectivity index (χ4n) is 3.08. The van der Waals surface area contributed by atoms with E-state index in [1.807, 2.05) is 30.3 Å². The SMILES string of the molecule is O=C(CN1C(=O)CNC1=O)N[C@@H]1CCC[C@H]1OCc1ccccc1. The molecule has 1 aliphatic heterocycles. The molecule has 1 aromatic carbocycles. The summed E-state index contributed by atoms with van der Waals surface area (Å²) < 4.78 is 5.94. The number of amides is 4. The number of imide groups is 1. The highest BCUT2D eigenvalue weighted by atomic mass is 16.5. The van der Waals surface area contributed by atoms with Crippen LogP contribution in [0.3, 0.4) is 0 Å². The molecular weight excluding hydrogens is 310 g/mol. The van der Waals surface area contributed by atoms with Gasteiger partial charge < -0.3 is 15.4 Å². The molecule has 0 bridgehead atoms. The molecule has 7 heteroatoms. The molecule has 2 atom stereocenters. The van der Waals surface area contributed by atoms with Gasteiger partial charge in [0.15, 0.2) is 0 Å². The third-order valence-corrected chi connectivity index (χ3v) is 4.34. The second-order valence-electron chi connectivity index (χ2n) is 6.08. The maximum atomic E-state index is 12.1. The van der Waals surface area contributed by atoms with Crippen LogP contribution in [0, 0.1) is 0 Å². The zero-order valence-corrected chi connectivity index (χ0v) is 13.4. The van der Waals surface area contributed by atoms with Crippen LogP contribution >= 0.6 is 0 Å². The molecule has 1 saturated carbocycles. The number of carbonyl (C=O) groups is 3. The van der Waals surface area contributed by atoms with Crippen LogP contribution in [0.5, 0.6) is 0 Å². The van der Waals surface area contributed by atoms with Crippen molar-refractivity contribution >= 4 is 17.8 Å². The highest BCUT2D eigenvalue weighted by Crippen LogP contribution is 2.23. The number of benzene rings is 1. The number of urea groups is 1. The molecule has 24 heavy (non-hydrogen) atoms. The van der Waals surface area contributed by atoms with Crippen molar-refractivity contribution in [1.29, 1.82) is 0 Å². The van der Waals surface area contributed by atoms with Gasteiger partial charge in [-0.1, -0.05) is 30.3 Å². The Labute approximate surface area is 140 Å². The summed E-state index contributed by atoms with van der Waals surface area (Å²) in [6.45, 7) is 0.218. The van der Waals surface area contributed by atoms with Crippen LogP contribution in [0.25, 0.3) is 0 Å². The maximum absolute atomic E-state index is 12.1. The zero-order chi connectivity index (χ0) is 16.9. The first-order valence-corrected chi connectivity index (χ1v) is 8.16. The molecule has 4 amide bonds. The van der Waals surface area contributed by atoms with E-state index in [2.05, 4.69) is 10.6 Å². The van der Waals surface area contributed by atoms with Crippen LogP contribution in [0.1, 0.15) is 24.8 Å². The average Bonchev–Trinajstić information content (AvgIpc) is 3.15. The summed E-state index contributed by atoms with van der Waals surface area (Å²) in [5.41, 5.74) is 1.09. The van der Waals surface area contributed by atoms with E-state index in [-0.39, 0.29) is 37.0 Å². The number of hydrogen-bond donors (Lipinski definition) is 2. The molecule has 0 radical (unpaired) electrons. The van der Waals surface area contributed by atoms with Gasteiger partial charge in [-0.15, -0.1) is 0 Å². The Hall–Kier alpha value is -2.41. The molecule has 1 aliphatic carbocycles. The van der Waals surface area contributed by atoms with Crippen LogP contribution in [0.4, 0.5) is 4.79 Å². The van der Waals surface area contributed by atoms with E-state index in [1.54, 1.807) is 0 Å². The van der Waals surface area contributed by atoms with Crippen molar-refractivity contribution in [3.63, 3.8) is 0 Å². The molecule has 1 saturated heterocycles. The predicted molar refractivity (Wildman–Crippen MR) is 85.9 cm³/mol. The molecule has 7 nitrogen and oxygen atoms in total. The molecule has 1 aromatic rings. The lowest BCUT2D eigenvalue weighted by atomic mass is 10.2. The fourth-order valence-corrected chi connectivity index (χ4v) is 3.08. The average molecular weight is 331 g/mol. The van der Waals surface area contributed by atoms with Crippen molar-refractivity contribution < 1.29 is 19.1 Å².